The summed E-state index contributed by atoms with van der Waals surface area (Å²) in [5, 5.41) is 3.09. The molecule has 1 aromatic rings. The number of amides is 2. The first-order valence-corrected chi connectivity index (χ1v) is 10.4. The maximum absolute atomic E-state index is 13.1. The third-order valence-electron chi connectivity index (χ3n) is 5.95. The van der Waals surface area contributed by atoms with E-state index in [1.807, 2.05) is 29.2 Å². The van der Waals surface area contributed by atoms with Gasteiger partial charge >= 0.3 is 0 Å². The van der Waals surface area contributed by atoms with Crippen molar-refractivity contribution in [2.75, 3.05) is 20.2 Å². The zero-order chi connectivity index (χ0) is 19.1. The largest absolute Gasteiger partial charge is 0.497 e. The normalized spacial score (nSPS) is 23.9. The Balaban J connectivity index is 1.67. The van der Waals surface area contributed by atoms with E-state index in [4.69, 9.17) is 4.74 Å². The number of carbonyl (C=O) groups is 2. The van der Waals surface area contributed by atoms with Gasteiger partial charge in [-0.2, -0.15) is 0 Å². The first-order chi connectivity index (χ1) is 13.2. The van der Waals surface area contributed by atoms with Gasteiger partial charge in [-0.25, -0.2) is 0 Å². The van der Waals surface area contributed by atoms with Crippen LogP contribution in [0.25, 0.3) is 0 Å². The van der Waals surface area contributed by atoms with E-state index in [1.54, 1.807) is 7.11 Å². The number of rotatable bonds is 4. The Morgan fingerprint density at radius 3 is 2.67 bits per heavy atom. The fourth-order valence-corrected chi connectivity index (χ4v) is 4.38. The van der Waals surface area contributed by atoms with Crippen LogP contribution in [0.4, 0.5) is 0 Å². The van der Waals surface area contributed by atoms with Crippen molar-refractivity contribution >= 4 is 11.8 Å². The Bertz CT molecular complexity index is 629. The van der Waals surface area contributed by atoms with Crippen molar-refractivity contribution < 1.29 is 14.3 Å². The molecular weight excluding hydrogens is 340 g/mol. The standard InChI is InChI=1S/C22H32N2O3/c1-27-18-12-9-17(10-13-18)11-14-21(25)24-16-6-2-5-15-23-22(26)19-7-3-4-8-20(19)24/h9-10,12-13,19-20H,2-8,11,14-16H2,1H3,(H,23,26). The van der Waals surface area contributed by atoms with E-state index in [-0.39, 0.29) is 23.8 Å². The molecule has 1 aliphatic heterocycles. The van der Waals surface area contributed by atoms with E-state index < -0.39 is 0 Å². The smallest absolute Gasteiger partial charge is 0.225 e. The average molecular weight is 373 g/mol. The molecular formula is C22H32N2O3. The average Bonchev–Trinajstić information content (AvgIpc) is 2.71. The highest BCUT2D eigenvalue weighted by molar-refractivity contribution is 5.82. The predicted octanol–water partition coefficient (Wildman–Crippen LogP) is 3.32. The summed E-state index contributed by atoms with van der Waals surface area (Å²) < 4.78 is 5.19. The highest BCUT2D eigenvalue weighted by atomic mass is 16.5. The van der Waals surface area contributed by atoms with Crippen molar-refractivity contribution in [3.8, 4) is 5.75 Å². The Morgan fingerprint density at radius 2 is 1.89 bits per heavy atom. The fourth-order valence-electron chi connectivity index (χ4n) is 4.38. The van der Waals surface area contributed by atoms with Gasteiger partial charge in [0.1, 0.15) is 5.75 Å². The number of nitrogens with zero attached hydrogens (tertiary/aromatic N) is 1. The summed E-state index contributed by atoms with van der Waals surface area (Å²) in [6, 6.07) is 7.98. The number of aryl methyl sites for hydroxylation is 1. The van der Waals surface area contributed by atoms with Gasteiger partial charge in [0, 0.05) is 25.6 Å². The van der Waals surface area contributed by atoms with Gasteiger partial charge in [0.2, 0.25) is 11.8 Å². The minimum Gasteiger partial charge on any atom is -0.497 e. The third kappa shape index (κ3) is 5.24. The second-order valence-corrected chi connectivity index (χ2v) is 7.75. The summed E-state index contributed by atoms with van der Waals surface area (Å²) in [7, 11) is 1.65. The van der Waals surface area contributed by atoms with Crippen molar-refractivity contribution in [2.45, 2.75) is 63.8 Å². The highest BCUT2D eigenvalue weighted by Crippen LogP contribution is 2.30. The number of methoxy groups -OCH3 is 1. The number of fused-ring (bicyclic) bond motifs is 1. The molecule has 2 fully saturated rings. The molecule has 2 atom stereocenters. The zero-order valence-electron chi connectivity index (χ0n) is 16.4. The fraction of sp³-hybridized carbons (Fsp3) is 0.636. The molecule has 0 aromatic heterocycles. The first-order valence-electron chi connectivity index (χ1n) is 10.4. The van der Waals surface area contributed by atoms with E-state index in [0.717, 1.165) is 75.8 Å². The van der Waals surface area contributed by atoms with Gasteiger partial charge in [-0.15, -0.1) is 0 Å². The molecule has 1 aliphatic carbocycles. The number of hydrogen-bond donors (Lipinski definition) is 1. The van der Waals surface area contributed by atoms with Gasteiger partial charge in [0.25, 0.3) is 0 Å². The maximum Gasteiger partial charge on any atom is 0.225 e. The van der Waals surface area contributed by atoms with Gasteiger partial charge < -0.3 is 15.0 Å². The van der Waals surface area contributed by atoms with Crippen LogP contribution in [0.5, 0.6) is 5.75 Å². The van der Waals surface area contributed by atoms with Crippen LogP contribution in [-0.2, 0) is 16.0 Å². The third-order valence-corrected chi connectivity index (χ3v) is 5.95. The number of benzene rings is 1. The van der Waals surface area contributed by atoms with E-state index in [0.29, 0.717) is 6.42 Å². The number of hydrogen-bond acceptors (Lipinski definition) is 3. The first kappa shape index (κ1) is 19.7. The quantitative estimate of drug-likeness (QED) is 0.882. The number of carbonyl (C=O) groups excluding carboxylic acids is 2. The van der Waals surface area contributed by atoms with E-state index in [1.165, 1.54) is 0 Å². The van der Waals surface area contributed by atoms with Crippen LogP contribution in [0.3, 0.4) is 0 Å². The van der Waals surface area contributed by atoms with Gasteiger partial charge in [-0.05, 0) is 56.2 Å². The Kier molecular flexibility index (Phi) is 7.13. The van der Waals surface area contributed by atoms with Gasteiger partial charge in [-0.1, -0.05) is 25.0 Å². The lowest BCUT2D eigenvalue weighted by molar-refractivity contribution is -0.139. The van der Waals surface area contributed by atoms with Crippen LogP contribution >= 0.6 is 0 Å². The molecule has 2 aliphatic rings. The summed E-state index contributed by atoms with van der Waals surface area (Å²) in [5.74, 6) is 1.13. The highest BCUT2D eigenvalue weighted by Gasteiger charge is 2.36. The van der Waals surface area contributed by atoms with Crippen molar-refractivity contribution in [3.63, 3.8) is 0 Å². The molecule has 1 N–H and O–H groups in total. The van der Waals surface area contributed by atoms with Gasteiger partial charge in [0.05, 0.1) is 13.0 Å². The van der Waals surface area contributed by atoms with Crippen LogP contribution in [0.15, 0.2) is 24.3 Å². The Labute approximate surface area is 162 Å². The lowest BCUT2D eigenvalue weighted by Crippen LogP contribution is -2.51. The second-order valence-electron chi connectivity index (χ2n) is 7.75. The minimum absolute atomic E-state index is 0.0400. The maximum atomic E-state index is 13.1. The van der Waals surface area contributed by atoms with Crippen LogP contribution in [-0.4, -0.2) is 43.0 Å². The van der Waals surface area contributed by atoms with Crippen molar-refractivity contribution in [2.24, 2.45) is 5.92 Å². The molecule has 0 spiro atoms. The lowest BCUT2D eigenvalue weighted by Gasteiger charge is -2.40. The Morgan fingerprint density at radius 1 is 1.11 bits per heavy atom. The molecule has 1 heterocycles. The summed E-state index contributed by atoms with van der Waals surface area (Å²) in [4.78, 5) is 27.7. The molecule has 1 aromatic carbocycles. The minimum atomic E-state index is -0.0400. The molecule has 2 unspecified atom stereocenters. The molecule has 1 saturated heterocycles. The summed E-state index contributed by atoms with van der Waals surface area (Å²) >= 11 is 0. The van der Waals surface area contributed by atoms with Crippen LogP contribution in [0.1, 0.15) is 56.9 Å². The summed E-state index contributed by atoms with van der Waals surface area (Å²) in [5.41, 5.74) is 1.14. The van der Waals surface area contributed by atoms with Crippen molar-refractivity contribution in [3.05, 3.63) is 29.8 Å². The number of nitrogens with one attached hydrogen (secondary N) is 1. The van der Waals surface area contributed by atoms with E-state index in [2.05, 4.69) is 5.32 Å². The number of ether oxygens (including phenoxy) is 1. The van der Waals surface area contributed by atoms with Crippen LogP contribution < -0.4 is 10.1 Å². The van der Waals surface area contributed by atoms with Crippen LogP contribution in [0, 0.1) is 5.92 Å². The molecule has 0 bridgehead atoms. The molecule has 5 heteroatoms. The molecule has 1 saturated carbocycles. The van der Waals surface area contributed by atoms with Gasteiger partial charge in [0.15, 0.2) is 0 Å². The van der Waals surface area contributed by atoms with Crippen molar-refractivity contribution in [1.82, 2.24) is 10.2 Å². The SMILES string of the molecule is COc1ccc(CCC(=O)N2CCCCCNC(=O)C3CCCCC32)cc1. The van der Waals surface area contributed by atoms with E-state index >= 15 is 0 Å². The molecule has 148 valence electrons. The molecule has 5 nitrogen and oxygen atoms in total. The molecule has 27 heavy (non-hydrogen) atoms. The van der Waals surface area contributed by atoms with Crippen LogP contribution in [0.2, 0.25) is 0 Å². The van der Waals surface area contributed by atoms with Crippen molar-refractivity contribution in [1.29, 1.82) is 0 Å². The lowest BCUT2D eigenvalue weighted by atomic mass is 9.82. The topological polar surface area (TPSA) is 58.6 Å². The molecule has 3 rings (SSSR count). The zero-order valence-corrected chi connectivity index (χ0v) is 16.4. The second kappa shape index (κ2) is 9.77. The summed E-state index contributed by atoms with van der Waals surface area (Å²) in [6.07, 6.45) is 8.34. The van der Waals surface area contributed by atoms with E-state index in [9.17, 15) is 9.59 Å². The molecule has 2 amide bonds. The molecule has 0 radical (unpaired) electrons. The monoisotopic (exact) mass is 372 g/mol. The predicted molar refractivity (Wildman–Crippen MR) is 106 cm³/mol. The summed E-state index contributed by atoms with van der Waals surface area (Å²) in [6.45, 7) is 1.56. The Hall–Kier alpha value is -2.04. The van der Waals surface area contributed by atoms with Gasteiger partial charge in [-0.3, -0.25) is 9.59 Å².